The van der Waals surface area contributed by atoms with Gasteiger partial charge in [0.25, 0.3) is 0 Å². The summed E-state index contributed by atoms with van der Waals surface area (Å²) >= 11 is 5.76. The molecule has 1 rings (SSSR count). The quantitative estimate of drug-likeness (QED) is 0.757. The molecular formula is C12H16ClNO6S. The number of nitrogens with zero attached hydrogens (tertiary/aromatic N) is 1. The first-order valence-corrected chi connectivity index (χ1v) is 7.68. The van der Waals surface area contributed by atoms with Gasteiger partial charge in [-0.15, -0.1) is 0 Å². The highest BCUT2D eigenvalue weighted by Crippen LogP contribution is 2.23. The number of likely N-dealkylation sites (N-methyl/N-ethyl adjacent to an activating group) is 1. The van der Waals surface area contributed by atoms with Crippen LogP contribution in [0.4, 0.5) is 0 Å². The average Bonchev–Trinajstić information content (AvgIpc) is 2.38. The Labute approximate surface area is 127 Å². The molecule has 0 amide bonds. The molecule has 0 radical (unpaired) electrons. The number of ether oxygens (including phenoxy) is 1. The molecule has 0 aliphatic carbocycles. The largest absolute Gasteiger partial charge is 0.478 e. The molecule has 1 unspecified atom stereocenters. The van der Waals surface area contributed by atoms with Gasteiger partial charge in [-0.05, 0) is 18.2 Å². The third-order valence-corrected chi connectivity index (χ3v) is 4.84. The Kier molecular flexibility index (Phi) is 6.11. The predicted octanol–water partition coefficient (Wildman–Crippen LogP) is 0.666. The van der Waals surface area contributed by atoms with Crippen LogP contribution in [0.3, 0.4) is 0 Å². The first-order chi connectivity index (χ1) is 9.70. The summed E-state index contributed by atoms with van der Waals surface area (Å²) in [7, 11) is -1.19. The molecule has 0 spiro atoms. The maximum Gasteiger partial charge on any atom is 0.337 e. The van der Waals surface area contributed by atoms with Crippen LogP contribution in [0.15, 0.2) is 23.1 Å². The van der Waals surface area contributed by atoms with Gasteiger partial charge < -0.3 is 14.9 Å². The second kappa shape index (κ2) is 7.19. The van der Waals surface area contributed by atoms with Gasteiger partial charge in [0.2, 0.25) is 10.0 Å². The van der Waals surface area contributed by atoms with Crippen molar-refractivity contribution in [1.82, 2.24) is 4.31 Å². The van der Waals surface area contributed by atoms with Crippen molar-refractivity contribution in [3.8, 4) is 0 Å². The van der Waals surface area contributed by atoms with Gasteiger partial charge in [0.05, 0.1) is 28.2 Å². The summed E-state index contributed by atoms with van der Waals surface area (Å²) in [6, 6.07) is 3.35. The standard InChI is InChI=1S/C12H16ClNO6S/c1-14(6-8(15)7-20-2)21(18,19)9-3-4-10(12(16)17)11(13)5-9/h3-5,8,15H,6-7H2,1-2H3,(H,16,17). The monoisotopic (exact) mass is 337 g/mol. The van der Waals surface area contributed by atoms with Gasteiger partial charge in [0.15, 0.2) is 0 Å². The van der Waals surface area contributed by atoms with Crippen molar-refractivity contribution in [1.29, 1.82) is 0 Å². The minimum atomic E-state index is -3.88. The number of halogens is 1. The van der Waals surface area contributed by atoms with Crippen molar-refractivity contribution in [3.63, 3.8) is 0 Å². The number of aliphatic hydroxyl groups is 1. The van der Waals surface area contributed by atoms with Gasteiger partial charge in [0, 0.05) is 20.7 Å². The lowest BCUT2D eigenvalue weighted by Crippen LogP contribution is -2.36. The van der Waals surface area contributed by atoms with Crippen LogP contribution < -0.4 is 0 Å². The molecule has 0 heterocycles. The Morgan fingerprint density at radius 2 is 2.10 bits per heavy atom. The molecule has 0 saturated heterocycles. The lowest BCUT2D eigenvalue weighted by atomic mass is 10.2. The molecule has 1 atom stereocenters. The zero-order chi connectivity index (χ0) is 16.2. The Morgan fingerprint density at radius 1 is 1.48 bits per heavy atom. The highest BCUT2D eigenvalue weighted by Gasteiger charge is 2.24. The van der Waals surface area contributed by atoms with Gasteiger partial charge in [-0.3, -0.25) is 0 Å². The molecule has 21 heavy (non-hydrogen) atoms. The van der Waals surface area contributed by atoms with Gasteiger partial charge in [-0.2, -0.15) is 4.31 Å². The van der Waals surface area contributed by atoms with Crippen LogP contribution in [0.1, 0.15) is 10.4 Å². The minimum Gasteiger partial charge on any atom is -0.478 e. The first-order valence-electron chi connectivity index (χ1n) is 5.86. The van der Waals surface area contributed by atoms with E-state index in [9.17, 15) is 18.3 Å². The Hall–Kier alpha value is -1.19. The van der Waals surface area contributed by atoms with Crippen LogP contribution in [0.5, 0.6) is 0 Å². The van der Waals surface area contributed by atoms with E-state index in [-0.39, 0.29) is 28.6 Å². The number of aliphatic hydroxyl groups excluding tert-OH is 1. The van der Waals surface area contributed by atoms with Gasteiger partial charge in [-0.25, -0.2) is 13.2 Å². The number of hydrogen-bond donors (Lipinski definition) is 2. The van der Waals surface area contributed by atoms with Crippen molar-refractivity contribution in [2.45, 2.75) is 11.0 Å². The van der Waals surface area contributed by atoms with Crippen molar-refractivity contribution in [2.75, 3.05) is 27.3 Å². The number of rotatable bonds is 7. The molecule has 0 bridgehead atoms. The van der Waals surface area contributed by atoms with Gasteiger partial charge >= 0.3 is 5.97 Å². The third kappa shape index (κ3) is 4.39. The van der Waals surface area contributed by atoms with Gasteiger partial charge in [-0.1, -0.05) is 11.6 Å². The van der Waals surface area contributed by atoms with Crippen LogP contribution in [-0.2, 0) is 14.8 Å². The summed E-state index contributed by atoms with van der Waals surface area (Å²) in [4.78, 5) is 10.7. The minimum absolute atomic E-state index is 0.00142. The van der Waals surface area contributed by atoms with Crippen molar-refractivity contribution in [3.05, 3.63) is 28.8 Å². The maximum atomic E-state index is 12.3. The number of sulfonamides is 1. The Morgan fingerprint density at radius 3 is 2.57 bits per heavy atom. The van der Waals surface area contributed by atoms with Crippen molar-refractivity contribution in [2.24, 2.45) is 0 Å². The molecule has 7 nitrogen and oxygen atoms in total. The number of carboxylic acid groups (broad SMARTS) is 1. The molecule has 2 N–H and O–H groups in total. The lowest BCUT2D eigenvalue weighted by molar-refractivity contribution is 0.0554. The molecule has 0 fully saturated rings. The van der Waals surface area contributed by atoms with E-state index >= 15 is 0 Å². The van der Waals surface area contributed by atoms with E-state index in [2.05, 4.69) is 0 Å². The number of carboxylic acids is 1. The number of hydrogen-bond acceptors (Lipinski definition) is 5. The fourth-order valence-electron chi connectivity index (χ4n) is 1.65. The van der Waals surface area contributed by atoms with E-state index in [4.69, 9.17) is 21.4 Å². The average molecular weight is 338 g/mol. The summed E-state index contributed by atoms with van der Waals surface area (Å²) in [6.45, 7) is -0.160. The molecule has 118 valence electrons. The van der Waals surface area contributed by atoms with Crippen LogP contribution >= 0.6 is 11.6 Å². The van der Waals surface area contributed by atoms with Crippen LogP contribution in [0, 0.1) is 0 Å². The maximum absolute atomic E-state index is 12.3. The van der Waals surface area contributed by atoms with E-state index < -0.39 is 22.1 Å². The lowest BCUT2D eigenvalue weighted by Gasteiger charge is -2.20. The van der Waals surface area contributed by atoms with E-state index in [1.807, 2.05) is 0 Å². The van der Waals surface area contributed by atoms with Crippen LogP contribution in [-0.4, -0.2) is 62.3 Å². The topological polar surface area (TPSA) is 104 Å². The summed E-state index contributed by atoms with van der Waals surface area (Å²) in [5, 5.41) is 18.2. The van der Waals surface area contributed by atoms with Crippen molar-refractivity contribution < 1.29 is 28.2 Å². The second-order valence-electron chi connectivity index (χ2n) is 4.34. The van der Waals surface area contributed by atoms with Gasteiger partial charge in [0.1, 0.15) is 0 Å². The molecule has 0 aliphatic rings. The fraction of sp³-hybridized carbons (Fsp3) is 0.417. The summed E-state index contributed by atoms with van der Waals surface area (Å²) in [6.07, 6.45) is -0.969. The Balaban J connectivity index is 3.02. The van der Waals surface area contributed by atoms with Crippen molar-refractivity contribution >= 4 is 27.6 Å². The summed E-state index contributed by atoms with van der Waals surface area (Å²) in [5.74, 6) is -1.24. The normalized spacial score (nSPS) is 13.4. The molecule has 0 aliphatic heterocycles. The third-order valence-electron chi connectivity index (χ3n) is 2.71. The summed E-state index contributed by atoms with van der Waals surface area (Å²) < 4.78 is 30.2. The van der Waals surface area contributed by atoms with Crippen LogP contribution in [0.2, 0.25) is 5.02 Å². The second-order valence-corrected chi connectivity index (χ2v) is 6.79. The number of aromatic carboxylic acids is 1. The zero-order valence-electron chi connectivity index (χ0n) is 11.5. The van der Waals surface area contributed by atoms with E-state index in [1.54, 1.807) is 0 Å². The molecule has 0 aromatic heterocycles. The molecule has 0 saturated carbocycles. The first kappa shape index (κ1) is 17.9. The smallest absolute Gasteiger partial charge is 0.337 e. The van der Waals surface area contributed by atoms with E-state index in [0.717, 1.165) is 22.5 Å². The molecule has 1 aromatic carbocycles. The number of methoxy groups -OCH3 is 1. The highest BCUT2D eigenvalue weighted by molar-refractivity contribution is 7.89. The predicted molar refractivity (Wildman–Crippen MR) is 76.1 cm³/mol. The van der Waals surface area contributed by atoms with E-state index in [0.29, 0.717) is 0 Å². The SMILES string of the molecule is COCC(O)CN(C)S(=O)(=O)c1ccc(C(=O)O)c(Cl)c1. The molecular weight excluding hydrogens is 322 g/mol. The fourth-order valence-corrected chi connectivity index (χ4v) is 3.21. The van der Waals surface area contributed by atoms with Crippen LogP contribution in [0.25, 0.3) is 0 Å². The molecule has 9 heteroatoms. The summed E-state index contributed by atoms with van der Waals surface area (Å²) in [5.41, 5.74) is -0.183. The number of benzene rings is 1. The molecule has 1 aromatic rings. The van der Waals surface area contributed by atoms with E-state index in [1.165, 1.54) is 14.2 Å². The highest BCUT2D eigenvalue weighted by atomic mass is 35.5. The zero-order valence-corrected chi connectivity index (χ0v) is 13.1. The number of carbonyl (C=O) groups is 1. The Bertz CT molecular complexity index is 618.